The number of nitrogens with one attached hydrogen (secondary N) is 1. The fraction of sp³-hybridized carbons (Fsp3) is 0.192. The second kappa shape index (κ2) is 10.5. The summed E-state index contributed by atoms with van der Waals surface area (Å²) in [6, 6.07) is 12.8. The summed E-state index contributed by atoms with van der Waals surface area (Å²) < 4.78 is 17.9. The highest BCUT2D eigenvalue weighted by Gasteiger charge is 2.18. The minimum absolute atomic E-state index is 0.0836. The van der Waals surface area contributed by atoms with Crippen molar-refractivity contribution in [3.8, 4) is 28.4 Å². The lowest BCUT2D eigenvalue weighted by Crippen LogP contribution is -2.23. The molecule has 0 bridgehead atoms. The van der Waals surface area contributed by atoms with Crippen LogP contribution in [0.1, 0.15) is 0 Å². The number of rotatable bonds is 8. The van der Waals surface area contributed by atoms with Gasteiger partial charge in [0.15, 0.2) is 16.7 Å². The first-order valence-electron chi connectivity index (χ1n) is 11.2. The SMILES string of the molecule is C=CCn1c(SCC(=O)Nc2ccc3c(c2)OCCO3)nc2scc(-c3ccc(OC)cc3)c2c1=O. The van der Waals surface area contributed by atoms with E-state index in [9.17, 15) is 9.59 Å². The monoisotopic (exact) mass is 521 g/mol. The number of hydrogen-bond donors (Lipinski definition) is 1. The van der Waals surface area contributed by atoms with Crippen molar-refractivity contribution in [3.05, 3.63) is 70.9 Å². The number of thiophene rings is 1. The third-order valence-corrected chi connectivity index (χ3v) is 7.38. The molecular weight excluding hydrogens is 498 g/mol. The molecule has 10 heteroatoms. The first-order valence-corrected chi connectivity index (χ1v) is 13.0. The summed E-state index contributed by atoms with van der Waals surface area (Å²) >= 11 is 2.61. The molecule has 4 aromatic rings. The second-order valence-corrected chi connectivity index (χ2v) is 9.65. The number of thioether (sulfide) groups is 1. The van der Waals surface area contributed by atoms with Crippen LogP contribution in [0.15, 0.2) is 70.5 Å². The molecule has 36 heavy (non-hydrogen) atoms. The third-order valence-electron chi connectivity index (χ3n) is 5.53. The van der Waals surface area contributed by atoms with Crippen molar-refractivity contribution in [1.82, 2.24) is 9.55 Å². The number of nitrogens with zero attached hydrogens (tertiary/aromatic N) is 2. The zero-order valence-corrected chi connectivity index (χ0v) is 21.1. The van der Waals surface area contributed by atoms with Crippen LogP contribution in [-0.2, 0) is 11.3 Å². The Morgan fingerprint density at radius 3 is 2.75 bits per heavy atom. The first-order chi connectivity index (χ1) is 17.6. The smallest absolute Gasteiger partial charge is 0.263 e. The number of hydrogen-bond acceptors (Lipinski definition) is 8. The van der Waals surface area contributed by atoms with Crippen molar-refractivity contribution in [3.63, 3.8) is 0 Å². The molecule has 0 unspecified atom stereocenters. The highest BCUT2D eigenvalue weighted by atomic mass is 32.2. The van der Waals surface area contributed by atoms with Gasteiger partial charge in [-0.3, -0.25) is 14.2 Å². The molecule has 5 rings (SSSR count). The molecule has 1 aliphatic heterocycles. The molecule has 2 aromatic carbocycles. The average Bonchev–Trinajstić information content (AvgIpc) is 3.33. The van der Waals surface area contributed by atoms with Gasteiger partial charge in [-0.1, -0.05) is 30.0 Å². The average molecular weight is 522 g/mol. The highest BCUT2D eigenvalue weighted by Crippen LogP contribution is 2.34. The van der Waals surface area contributed by atoms with Gasteiger partial charge in [-0.2, -0.15) is 0 Å². The summed E-state index contributed by atoms with van der Waals surface area (Å²) in [5.41, 5.74) is 2.17. The van der Waals surface area contributed by atoms with Gasteiger partial charge in [0.25, 0.3) is 5.56 Å². The predicted octanol–water partition coefficient (Wildman–Crippen LogP) is 4.82. The molecule has 0 saturated carbocycles. The summed E-state index contributed by atoms with van der Waals surface area (Å²) in [6.45, 7) is 5.04. The standard InChI is InChI=1S/C26H23N3O5S2/c1-3-10-29-25(31)23-19(16-4-7-18(32-2)8-5-16)14-35-24(23)28-26(29)36-15-22(30)27-17-6-9-20-21(13-17)34-12-11-33-20/h3-9,13-14H,1,10-12,15H2,2H3,(H,27,30). The van der Waals surface area contributed by atoms with Gasteiger partial charge in [0, 0.05) is 29.2 Å². The number of benzene rings is 2. The molecule has 0 aliphatic carbocycles. The maximum Gasteiger partial charge on any atom is 0.263 e. The molecular formula is C26H23N3O5S2. The maximum absolute atomic E-state index is 13.5. The fourth-order valence-corrected chi connectivity index (χ4v) is 5.63. The van der Waals surface area contributed by atoms with E-state index in [1.165, 1.54) is 23.1 Å². The van der Waals surface area contributed by atoms with Crippen LogP contribution in [0, 0.1) is 0 Å². The van der Waals surface area contributed by atoms with E-state index in [2.05, 4.69) is 11.9 Å². The van der Waals surface area contributed by atoms with Gasteiger partial charge in [0.05, 0.1) is 18.2 Å². The second-order valence-electron chi connectivity index (χ2n) is 7.85. The van der Waals surface area contributed by atoms with Crippen LogP contribution in [0.4, 0.5) is 5.69 Å². The van der Waals surface area contributed by atoms with E-state index in [-0.39, 0.29) is 23.8 Å². The molecule has 1 N–H and O–H groups in total. The molecule has 1 aliphatic rings. The highest BCUT2D eigenvalue weighted by molar-refractivity contribution is 7.99. The number of aromatic nitrogens is 2. The summed E-state index contributed by atoms with van der Waals surface area (Å²) in [7, 11) is 1.61. The topological polar surface area (TPSA) is 91.7 Å². The van der Waals surface area contributed by atoms with E-state index >= 15 is 0 Å². The zero-order valence-electron chi connectivity index (χ0n) is 19.5. The van der Waals surface area contributed by atoms with Gasteiger partial charge in [-0.05, 0) is 29.8 Å². The van der Waals surface area contributed by atoms with Gasteiger partial charge >= 0.3 is 0 Å². The molecule has 0 spiro atoms. The van der Waals surface area contributed by atoms with Crippen LogP contribution in [0.25, 0.3) is 21.3 Å². The number of fused-ring (bicyclic) bond motifs is 2. The first kappa shape index (κ1) is 24.0. The van der Waals surface area contributed by atoms with Crippen molar-refractivity contribution in [2.24, 2.45) is 0 Å². The quantitative estimate of drug-likeness (QED) is 0.202. The molecule has 0 radical (unpaired) electrons. The van der Waals surface area contributed by atoms with E-state index in [1.807, 2.05) is 29.6 Å². The predicted molar refractivity (Wildman–Crippen MR) is 143 cm³/mol. The zero-order chi connectivity index (χ0) is 25.1. The number of ether oxygens (including phenoxy) is 3. The Labute approximate surface area is 215 Å². The molecule has 8 nitrogen and oxygen atoms in total. The van der Waals surface area contributed by atoms with Crippen molar-refractivity contribution in [2.45, 2.75) is 11.7 Å². The molecule has 0 atom stereocenters. The lowest BCUT2D eigenvalue weighted by atomic mass is 10.1. The number of carbonyl (C=O) groups is 1. The third kappa shape index (κ3) is 4.82. The van der Waals surface area contributed by atoms with Crippen molar-refractivity contribution < 1.29 is 19.0 Å². The lowest BCUT2D eigenvalue weighted by molar-refractivity contribution is -0.113. The van der Waals surface area contributed by atoms with Gasteiger partial charge in [0.1, 0.15) is 23.8 Å². The van der Waals surface area contributed by atoms with E-state index in [1.54, 1.807) is 36.0 Å². The van der Waals surface area contributed by atoms with Crippen molar-refractivity contribution in [2.75, 3.05) is 31.4 Å². The number of amides is 1. The molecule has 1 amide bonds. The van der Waals surface area contributed by atoms with Gasteiger partial charge in [-0.15, -0.1) is 17.9 Å². The van der Waals surface area contributed by atoms with Crippen molar-refractivity contribution in [1.29, 1.82) is 0 Å². The largest absolute Gasteiger partial charge is 0.497 e. The summed E-state index contributed by atoms with van der Waals surface area (Å²) in [5.74, 6) is 1.86. The number of carbonyl (C=O) groups excluding carboxylic acids is 1. The lowest BCUT2D eigenvalue weighted by Gasteiger charge is -2.19. The molecule has 184 valence electrons. The Bertz CT molecular complexity index is 1490. The number of methoxy groups -OCH3 is 1. The number of allylic oxidation sites excluding steroid dienone is 1. The van der Waals surface area contributed by atoms with E-state index in [4.69, 9.17) is 19.2 Å². The van der Waals surface area contributed by atoms with Crippen LogP contribution in [0.3, 0.4) is 0 Å². The minimum atomic E-state index is -0.221. The van der Waals surface area contributed by atoms with Crippen LogP contribution >= 0.6 is 23.1 Å². The van der Waals surface area contributed by atoms with E-state index in [0.717, 1.165) is 16.9 Å². The van der Waals surface area contributed by atoms with E-state index < -0.39 is 0 Å². The van der Waals surface area contributed by atoms with Crippen LogP contribution in [0.2, 0.25) is 0 Å². The van der Waals surface area contributed by atoms with Crippen LogP contribution in [0.5, 0.6) is 17.2 Å². The van der Waals surface area contributed by atoms with E-state index in [0.29, 0.717) is 45.8 Å². The number of anilines is 1. The Balaban J connectivity index is 1.38. The van der Waals surface area contributed by atoms with Crippen LogP contribution in [-0.4, -0.2) is 41.5 Å². The summed E-state index contributed by atoms with van der Waals surface area (Å²) in [4.78, 5) is 31.5. The Hall–Kier alpha value is -3.76. The Kier molecular flexibility index (Phi) is 6.97. The van der Waals surface area contributed by atoms with Gasteiger partial charge < -0.3 is 19.5 Å². The Morgan fingerprint density at radius 2 is 2.00 bits per heavy atom. The van der Waals surface area contributed by atoms with Gasteiger partial charge in [0.2, 0.25) is 5.91 Å². The molecule has 2 aromatic heterocycles. The summed E-state index contributed by atoms with van der Waals surface area (Å²) in [6.07, 6.45) is 1.65. The van der Waals surface area contributed by atoms with Gasteiger partial charge in [-0.25, -0.2) is 4.98 Å². The summed E-state index contributed by atoms with van der Waals surface area (Å²) in [5, 5.41) is 5.81. The maximum atomic E-state index is 13.5. The van der Waals surface area contributed by atoms with Crippen LogP contribution < -0.4 is 25.1 Å². The fourth-order valence-electron chi connectivity index (χ4n) is 3.84. The Morgan fingerprint density at radius 1 is 1.22 bits per heavy atom. The molecule has 3 heterocycles. The minimum Gasteiger partial charge on any atom is -0.497 e. The normalized spacial score (nSPS) is 12.4. The van der Waals surface area contributed by atoms with Crippen molar-refractivity contribution >= 4 is 44.9 Å². The molecule has 0 fully saturated rings. The molecule has 0 saturated heterocycles.